The number of carbonyl (C=O) groups is 2. The second-order valence-corrected chi connectivity index (χ2v) is 6.19. The Bertz CT molecular complexity index is 896. The zero-order valence-electron chi connectivity index (χ0n) is 14.6. The van der Waals surface area contributed by atoms with Gasteiger partial charge in [-0.15, -0.1) is 0 Å². The van der Waals surface area contributed by atoms with Gasteiger partial charge in [-0.2, -0.15) is 13.2 Å². The average Bonchev–Trinajstić information content (AvgIpc) is 2.88. The first-order valence-electron chi connectivity index (χ1n) is 8.16. The highest BCUT2D eigenvalue weighted by molar-refractivity contribution is 6.23. The fourth-order valence-electron chi connectivity index (χ4n) is 3.03. The van der Waals surface area contributed by atoms with E-state index in [1.54, 1.807) is 12.1 Å². The van der Waals surface area contributed by atoms with E-state index in [-0.39, 0.29) is 6.42 Å². The van der Waals surface area contributed by atoms with Gasteiger partial charge in [0.1, 0.15) is 11.8 Å². The average molecular weight is 378 g/mol. The summed E-state index contributed by atoms with van der Waals surface area (Å²) < 4.78 is 45.0. The topological polar surface area (TPSA) is 58.6 Å². The van der Waals surface area contributed by atoms with E-state index >= 15 is 0 Å². The lowest BCUT2D eigenvalue weighted by Gasteiger charge is -2.21. The molecule has 8 heteroatoms. The first-order valence-corrected chi connectivity index (χ1v) is 8.16. The number of para-hydroxylation sites is 1. The van der Waals surface area contributed by atoms with Gasteiger partial charge >= 0.3 is 6.18 Å². The number of nitrogens with one attached hydrogen (secondary N) is 1. The fourth-order valence-corrected chi connectivity index (χ4v) is 3.03. The van der Waals surface area contributed by atoms with Crippen LogP contribution in [0.4, 0.5) is 24.5 Å². The summed E-state index contributed by atoms with van der Waals surface area (Å²) in [7, 11) is 1.46. The summed E-state index contributed by atoms with van der Waals surface area (Å²) in [4.78, 5) is 25.7. The Morgan fingerprint density at radius 1 is 1.15 bits per heavy atom. The molecule has 1 aliphatic rings. The van der Waals surface area contributed by atoms with Crippen LogP contribution in [0.1, 0.15) is 17.5 Å². The Kier molecular flexibility index (Phi) is 4.82. The van der Waals surface area contributed by atoms with Gasteiger partial charge in [0.2, 0.25) is 5.91 Å². The third-order valence-electron chi connectivity index (χ3n) is 4.28. The number of rotatable bonds is 4. The fraction of sp³-hybridized carbons (Fsp3) is 0.263. The van der Waals surface area contributed by atoms with Crippen molar-refractivity contribution in [3.05, 3.63) is 53.6 Å². The number of anilines is 2. The van der Waals surface area contributed by atoms with Gasteiger partial charge in [0.25, 0.3) is 5.91 Å². The van der Waals surface area contributed by atoms with E-state index in [0.29, 0.717) is 16.3 Å². The molecule has 1 fully saturated rings. The van der Waals surface area contributed by atoms with Crippen molar-refractivity contribution in [2.75, 3.05) is 17.3 Å². The zero-order valence-corrected chi connectivity index (χ0v) is 14.6. The molecule has 1 saturated heterocycles. The Balaban J connectivity index is 1.92. The minimum Gasteiger partial charge on any atom is -0.495 e. The van der Waals surface area contributed by atoms with Gasteiger partial charge in [0.15, 0.2) is 0 Å². The van der Waals surface area contributed by atoms with Gasteiger partial charge in [0.05, 0.1) is 30.5 Å². The summed E-state index contributed by atoms with van der Waals surface area (Å²) in [5.41, 5.74) is -0.0926. The molecule has 1 atom stereocenters. The highest BCUT2D eigenvalue weighted by Gasteiger charge is 2.44. The van der Waals surface area contributed by atoms with Crippen LogP contribution in [0.2, 0.25) is 0 Å². The van der Waals surface area contributed by atoms with Gasteiger partial charge in [-0.25, -0.2) is 4.90 Å². The molecule has 0 saturated carbocycles. The van der Waals surface area contributed by atoms with E-state index in [2.05, 4.69) is 5.32 Å². The molecule has 2 amide bonds. The number of benzene rings is 2. The van der Waals surface area contributed by atoms with Crippen LogP contribution in [0.3, 0.4) is 0 Å². The van der Waals surface area contributed by atoms with Crippen molar-refractivity contribution >= 4 is 23.2 Å². The van der Waals surface area contributed by atoms with Crippen molar-refractivity contribution in [1.29, 1.82) is 0 Å². The van der Waals surface area contributed by atoms with E-state index in [1.807, 2.05) is 13.0 Å². The molecular weight excluding hydrogens is 361 g/mol. The molecule has 3 rings (SSSR count). The highest BCUT2D eigenvalue weighted by Crippen LogP contribution is 2.38. The maximum absolute atomic E-state index is 13.3. The number of aryl methyl sites for hydroxylation is 1. The molecule has 1 aliphatic heterocycles. The number of halogens is 3. The molecule has 142 valence electrons. The zero-order chi connectivity index (χ0) is 19.8. The predicted molar refractivity (Wildman–Crippen MR) is 93.7 cm³/mol. The summed E-state index contributed by atoms with van der Waals surface area (Å²) in [6.45, 7) is 1.85. The molecular formula is C19H17F3N2O3. The molecule has 2 aromatic carbocycles. The molecule has 1 heterocycles. The second kappa shape index (κ2) is 6.94. The van der Waals surface area contributed by atoms with Crippen LogP contribution in [0.5, 0.6) is 5.75 Å². The van der Waals surface area contributed by atoms with Crippen molar-refractivity contribution in [1.82, 2.24) is 0 Å². The number of ether oxygens (including phenoxy) is 1. The first-order chi connectivity index (χ1) is 12.7. The summed E-state index contributed by atoms with van der Waals surface area (Å²) in [5, 5.41) is 2.92. The minimum absolute atomic E-state index is 0.248. The van der Waals surface area contributed by atoms with E-state index < -0.39 is 35.3 Å². The van der Waals surface area contributed by atoms with Gasteiger partial charge in [-0.1, -0.05) is 18.2 Å². The Morgan fingerprint density at radius 3 is 2.52 bits per heavy atom. The van der Waals surface area contributed by atoms with Crippen molar-refractivity contribution in [3.8, 4) is 5.75 Å². The van der Waals surface area contributed by atoms with E-state index in [0.717, 1.165) is 17.7 Å². The normalized spacial score (nSPS) is 17.4. The SMILES string of the molecule is COc1ccc(C)cc1N[C@@H]1CC(=O)N(c2ccccc2C(F)(F)F)C1=O. The van der Waals surface area contributed by atoms with E-state index in [9.17, 15) is 22.8 Å². The number of amides is 2. The number of alkyl halides is 3. The van der Waals surface area contributed by atoms with Crippen molar-refractivity contribution in [3.63, 3.8) is 0 Å². The number of imide groups is 1. The summed E-state index contributed by atoms with van der Waals surface area (Å²) in [5.74, 6) is -0.962. The van der Waals surface area contributed by atoms with Crippen LogP contribution < -0.4 is 15.0 Å². The van der Waals surface area contributed by atoms with Gasteiger partial charge in [-0.05, 0) is 36.8 Å². The minimum atomic E-state index is -4.68. The molecule has 2 aromatic rings. The van der Waals surface area contributed by atoms with Crippen LogP contribution in [-0.4, -0.2) is 25.0 Å². The maximum Gasteiger partial charge on any atom is 0.418 e. The molecule has 0 aliphatic carbocycles. The number of carbonyl (C=O) groups excluding carboxylic acids is 2. The first kappa shape index (κ1) is 18.8. The smallest absolute Gasteiger partial charge is 0.418 e. The third-order valence-corrected chi connectivity index (χ3v) is 4.28. The second-order valence-electron chi connectivity index (χ2n) is 6.19. The van der Waals surface area contributed by atoms with Crippen LogP contribution >= 0.6 is 0 Å². The summed E-state index contributed by atoms with van der Waals surface area (Å²) in [6.07, 6.45) is -4.93. The molecule has 1 N–H and O–H groups in total. The standard InChI is InChI=1S/C19H17F3N2O3/c1-11-7-8-16(27-2)13(9-11)23-14-10-17(25)24(18(14)26)15-6-4-3-5-12(15)19(20,21)22/h3-9,14,23H,10H2,1-2H3/t14-/m1/s1. The molecule has 27 heavy (non-hydrogen) atoms. The van der Waals surface area contributed by atoms with Gasteiger partial charge < -0.3 is 10.1 Å². The summed E-state index contributed by atoms with van der Waals surface area (Å²) >= 11 is 0. The number of nitrogens with zero attached hydrogens (tertiary/aromatic N) is 1. The Morgan fingerprint density at radius 2 is 1.85 bits per heavy atom. The number of hydrogen-bond acceptors (Lipinski definition) is 4. The molecule has 0 bridgehead atoms. The largest absolute Gasteiger partial charge is 0.495 e. The Labute approximate surface area is 153 Å². The van der Waals surface area contributed by atoms with E-state index in [1.165, 1.54) is 19.2 Å². The van der Waals surface area contributed by atoms with Crippen molar-refractivity contribution < 1.29 is 27.5 Å². The monoisotopic (exact) mass is 378 g/mol. The maximum atomic E-state index is 13.3. The van der Waals surface area contributed by atoms with Crippen LogP contribution in [0.25, 0.3) is 0 Å². The van der Waals surface area contributed by atoms with Gasteiger partial charge in [-0.3, -0.25) is 9.59 Å². The molecule has 5 nitrogen and oxygen atoms in total. The van der Waals surface area contributed by atoms with Crippen molar-refractivity contribution in [2.24, 2.45) is 0 Å². The van der Waals surface area contributed by atoms with Crippen LogP contribution in [0, 0.1) is 6.92 Å². The molecule has 0 unspecified atom stereocenters. The Hall–Kier alpha value is -3.03. The van der Waals surface area contributed by atoms with Crippen LogP contribution in [-0.2, 0) is 15.8 Å². The summed E-state index contributed by atoms with van der Waals surface area (Å²) in [6, 6.07) is 8.82. The third kappa shape index (κ3) is 3.60. The lowest BCUT2D eigenvalue weighted by Crippen LogP contribution is -2.36. The van der Waals surface area contributed by atoms with Gasteiger partial charge in [0, 0.05) is 0 Å². The van der Waals surface area contributed by atoms with Crippen LogP contribution in [0.15, 0.2) is 42.5 Å². The number of hydrogen-bond donors (Lipinski definition) is 1. The van der Waals surface area contributed by atoms with E-state index in [4.69, 9.17) is 4.74 Å². The number of methoxy groups -OCH3 is 1. The molecule has 0 aromatic heterocycles. The highest BCUT2D eigenvalue weighted by atomic mass is 19.4. The van der Waals surface area contributed by atoms with Crippen molar-refractivity contribution in [2.45, 2.75) is 25.6 Å². The predicted octanol–water partition coefficient (Wildman–Crippen LogP) is 3.77. The lowest BCUT2D eigenvalue weighted by molar-refractivity contribution is -0.137. The molecule has 0 spiro atoms. The molecule has 0 radical (unpaired) electrons. The quantitative estimate of drug-likeness (QED) is 0.823. The lowest BCUT2D eigenvalue weighted by atomic mass is 10.1.